The second-order valence-electron chi connectivity index (χ2n) is 1.07. The van der Waals surface area contributed by atoms with Gasteiger partial charge in [-0.25, -0.2) is 0 Å². The van der Waals surface area contributed by atoms with Crippen LogP contribution in [-0.4, -0.2) is 29.5 Å². The molecule has 0 radical (unpaired) electrons. The van der Waals surface area contributed by atoms with Crippen molar-refractivity contribution in [2.24, 2.45) is 5.73 Å². The van der Waals surface area contributed by atoms with Crippen molar-refractivity contribution in [2.45, 2.75) is 6.10 Å². The Kier molecular flexibility index (Phi) is 10.6. The van der Waals surface area contributed by atoms with E-state index in [-0.39, 0.29) is 44.1 Å². The first-order valence-corrected chi connectivity index (χ1v) is 1.80. The van der Waals surface area contributed by atoms with Gasteiger partial charge in [0.05, 0.1) is 12.7 Å². The molecule has 0 saturated heterocycles. The molecule has 0 aliphatic heterocycles. The Hall–Kier alpha value is 0.880. The van der Waals surface area contributed by atoms with Gasteiger partial charge in [0.25, 0.3) is 0 Å². The second kappa shape index (κ2) is 6.88. The third kappa shape index (κ3) is 6.88. The van der Waals surface area contributed by atoms with Gasteiger partial charge >= 0.3 is 29.6 Å². The first-order valence-electron chi connectivity index (χ1n) is 1.80. The number of aliphatic hydroxyl groups excluding tert-OH is 2. The van der Waals surface area contributed by atoms with Crippen LogP contribution in [0, 0.1) is 0 Å². The van der Waals surface area contributed by atoms with Crippen LogP contribution in [0.2, 0.25) is 0 Å². The summed E-state index contributed by atoms with van der Waals surface area (Å²) in [5.41, 5.74) is 4.87. The minimum absolute atomic E-state index is 0. The topological polar surface area (TPSA) is 66.5 Å². The molecule has 0 heterocycles. The van der Waals surface area contributed by atoms with Gasteiger partial charge in [0.1, 0.15) is 0 Å². The number of aliphatic hydroxyl groups is 2. The van der Waals surface area contributed by atoms with Crippen molar-refractivity contribution in [1.82, 2.24) is 0 Å². The Labute approximate surface area is 66.3 Å². The summed E-state index contributed by atoms with van der Waals surface area (Å²) in [6, 6.07) is 0. The van der Waals surface area contributed by atoms with Crippen LogP contribution >= 0.6 is 0 Å². The number of hydrogen-bond donors (Lipinski definition) is 3. The maximum atomic E-state index is 8.29. The van der Waals surface area contributed by atoms with Gasteiger partial charge in [0.15, 0.2) is 0 Å². The van der Waals surface area contributed by atoms with Crippen molar-refractivity contribution >= 4 is 0 Å². The van der Waals surface area contributed by atoms with Crippen molar-refractivity contribution < 1.29 is 41.2 Å². The summed E-state index contributed by atoms with van der Waals surface area (Å²) in [5.74, 6) is 0. The third-order valence-electron chi connectivity index (χ3n) is 0.483. The van der Waals surface area contributed by atoms with Gasteiger partial charge in [0.2, 0.25) is 0 Å². The van der Waals surface area contributed by atoms with E-state index in [9.17, 15) is 0 Å². The monoisotopic (exact) mass is 115 g/mol. The number of rotatable bonds is 2. The maximum Gasteiger partial charge on any atom is 1.00 e. The van der Waals surface area contributed by atoms with Crippen LogP contribution in [0.25, 0.3) is 0 Å². The predicted molar refractivity (Wildman–Crippen MR) is 23.3 cm³/mol. The van der Waals surface area contributed by atoms with E-state index >= 15 is 0 Å². The Balaban J connectivity index is -0.000000125. The summed E-state index contributed by atoms with van der Waals surface area (Å²) in [4.78, 5) is 0. The molecule has 0 spiro atoms. The van der Waals surface area contributed by atoms with Gasteiger partial charge in [-0.15, -0.1) is 0 Å². The van der Waals surface area contributed by atoms with Crippen LogP contribution in [0.4, 0.5) is 0 Å². The standard InChI is InChI=1S/C3H9NO2.Na.H/c4-1-3(6)2-5;;/h3,5-6H,1-2,4H2;;/q;+1;-1. The fourth-order valence-corrected chi connectivity index (χ4v) is 0.0745. The van der Waals surface area contributed by atoms with Crippen molar-refractivity contribution in [3.05, 3.63) is 0 Å². The molecule has 40 valence electrons. The first kappa shape index (κ1) is 10.8. The molecule has 0 aromatic carbocycles. The van der Waals surface area contributed by atoms with Crippen LogP contribution in [0.3, 0.4) is 0 Å². The van der Waals surface area contributed by atoms with E-state index in [2.05, 4.69) is 0 Å². The second-order valence-corrected chi connectivity index (χ2v) is 1.07. The number of nitrogens with two attached hydrogens (primary N) is 1. The van der Waals surface area contributed by atoms with Crippen LogP contribution in [-0.2, 0) is 0 Å². The van der Waals surface area contributed by atoms with Gasteiger partial charge in [0, 0.05) is 6.54 Å². The molecule has 0 rings (SSSR count). The van der Waals surface area contributed by atoms with Gasteiger partial charge in [-0.3, -0.25) is 0 Å². The maximum absolute atomic E-state index is 8.29. The minimum Gasteiger partial charge on any atom is -1.00 e. The van der Waals surface area contributed by atoms with Gasteiger partial charge in [-0.05, 0) is 0 Å². The van der Waals surface area contributed by atoms with Gasteiger partial charge in [-0.1, -0.05) is 0 Å². The molecule has 0 aromatic heterocycles. The van der Waals surface area contributed by atoms with E-state index in [1.165, 1.54) is 0 Å². The quantitative estimate of drug-likeness (QED) is 0.317. The summed E-state index contributed by atoms with van der Waals surface area (Å²) < 4.78 is 0. The average Bonchev–Trinajstić information content (AvgIpc) is 1.65. The largest absolute Gasteiger partial charge is 1.00 e. The zero-order valence-corrected chi connectivity index (χ0v) is 6.46. The summed E-state index contributed by atoms with van der Waals surface area (Å²) >= 11 is 0. The summed E-state index contributed by atoms with van der Waals surface area (Å²) in [5, 5.41) is 16.3. The van der Waals surface area contributed by atoms with E-state index in [0.717, 1.165) is 0 Å². The fraction of sp³-hybridized carbons (Fsp3) is 1.00. The number of hydrogen-bond acceptors (Lipinski definition) is 3. The van der Waals surface area contributed by atoms with Crippen molar-refractivity contribution in [3.63, 3.8) is 0 Å². The SMILES string of the molecule is NCC(O)CO.[H-].[Na+]. The van der Waals surface area contributed by atoms with E-state index in [0.29, 0.717) is 0 Å². The molecule has 0 aliphatic carbocycles. The Morgan fingerprint density at radius 3 is 2.14 bits per heavy atom. The molecule has 3 nitrogen and oxygen atoms in total. The van der Waals surface area contributed by atoms with Gasteiger partial charge in [-0.2, -0.15) is 0 Å². The molecule has 7 heavy (non-hydrogen) atoms. The molecule has 0 fully saturated rings. The predicted octanol–water partition coefficient (Wildman–Crippen LogP) is -4.59. The van der Waals surface area contributed by atoms with Crippen LogP contribution in [0.5, 0.6) is 0 Å². The van der Waals surface area contributed by atoms with Crippen LogP contribution in [0.1, 0.15) is 1.43 Å². The molecular weight excluding hydrogens is 105 g/mol. The van der Waals surface area contributed by atoms with E-state index in [4.69, 9.17) is 15.9 Å². The first-order chi connectivity index (χ1) is 2.81. The molecule has 0 aliphatic rings. The van der Waals surface area contributed by atoms with Crippen molar-refractivity contribution in [2.75, 3.05) is 13.2 Å². The van der Waals surface area contributed by atoms with Crippen molar-refractivity contribution in [3.8, 4) is 0 Å². The molecule has 1 unspecified atom stereocenters. The third-order valence-corrected chi connectivity index (χ3v) is 0.483. The smallest absolute Gasteiger partial charge is 1.00 e. The molecule has 4 N–H and O–H groups in total. The Morgan fingerprint density at radius 2 is 2.14 bits per heavy atom. The zero-order valence-electron chi connectivity index (χ0n) is 5.46. The zero-order chi connectivity index (χ0) is 4.99. The van der Waals surface area contributed by atoms with E-state index in [1.54, 1.807) is 0 Å². The van der Waals surface area contributed by atoms with E-state index in [1.807, 2.05) is 0 Å². The molecule has 1 atom stereocenters. The van der Waals surface area contributed by atoms with Crippen molar-refractivity contribution in [1.29, 1.82) is 0 Å². The molecule has 0 saturated carbocycles. The van der Waals surface area contributed by atoms with E-state index < -0.39 is 6.10 Å². The molecular formula is C3H10NNaO2. The summed E-state index contributed by atoms with van der Waals surface area (Å²) in [6.45, 7) is -0.104. The molecule has 0 amide bonds. The molecule has 0 aromatic rings. The fourth-order valence-electron chi connectivity index (χ4n) is 0.0745. The minimum atomic E-state index is -0.731. The van der Waals surface area contributed by atoms with Crippen LogP contribution in [0.15, 0.2) is 0 Å². The van der Waals surface area contributed by atoms with Crippen LogP contribution < -0.4 is 35.3 Å². The Morgan fingerprint density at radius 1 is 1.71 bits per heavy atom. The summed E-state index contributed by atoms with van der Waals surface area (Å²) in [6.07, 6.45) is -0.731. The normalized spacial score (nSPS) is 12.4. The average molecular weight is 115 g/mol. The summed E-state index contributed by atoms with van der Waals surface area (Å²) in [7, 11) is 0. The van der Waals surface area contributed by atoms with Gasteiger partial charge < -0.3 is 17.4 Å². The molecule has 4 heteroatoms. The Bertz CT molecular complexity index is 36.5. The molecule has 0 bridgehead atoms.